The number of rotatable bonds is 7. The van der Waals surface area contributed by atoms with Gasteiger partial charge in [-0.3, -0.25) is 0 Å². The molecule has 1 aromatic rings. The number of likely N-dealkylation sites (tertiary alicyclic amines) is 1. The molecule has 1 heterocycles. The fourth-order valence-corrected chi connectivity index (χ4v) is 2.96. The Kier molecular flexibility index (Phi) is 5.80. The largest absolute Gasteiger partial charge is 0.494 e. The Morgan fingerprint density at radius 2 is 2.15 bits per heavy atom. The van der Waals surface area contributed by atoms with Gasteiger partial charge in [0, 0.05) is 18.2 Å². The number of thiocarbonyl (C=S) groups is 1. The van der Waals surface area contributed by atoms with E-state index in [1.165, 1.54) is 25.8 Å². The van der Waals surface area contributed by atoms with Crippen molar-refractivity contribution < 1.29 is 4.74 Å². The first kappa shape index (κ1) is 15.3. The summed E-state index contributed by atoms with van der Waals surface area (Å²) >= 11 is 4.93. The summed E-state index contributed by atoms with van der Waals surface area (Å²) in [7, 11) is 0. The van der Waals surface area contributed by atoms with Gasteiger partial charge in [-0.05, 0) is 56.5 Å². The molecule has 0 bridgehead atoms. The van der Waals surface area contributed by atoms with Crippen LogP contribution in [0.15, 0.2) is 24.3 Å². The molecule has 1 aromatic carbocycles. The van der Waals surface area contributed by atoms with E-state index in [2.05, 4.69) is 11.8 Å². The molecule has 2 N–H and O–H groups in total. The van der Waals surface area contributed by atoms with Gasteiger partial charge in [0.1, 0.15) is 10.7 Å². The van der Waals surface area contributed by atoms with Crippen LogP contribution >= 0.6 is 12.2 Å². The van der Waals surface area contributed by atoms with Crippen LogP contribution in [0.4, 0.5) is 0 Å². The zero-order chi connectivity index (χ0) is 14.4. The summed E-state index contributed by atoms with van der Waals surface area (Å²) in [4.78, 5) is 3.02. The van der Waals surface area contributed by atoms with Gasteiger partial charge in [0.2, 0.25) is 0 Å². The molecule has 3 nitrogen and oxygen atoms in total. The number of hydrogen-bond acceptors (Lipinski definition) is 3. The molecular formula is C16H24N2OS. The summed E-state index contributed by atoms with van der Waals surface area (Å²) in [6, 6.07) is 8.47. The van der Waals surface area contributed by atoms with Crippen LogP contribution in [-0.4, -0.2) is 35.6 Å². The highest BCUT2D eigenvalue weighted by molar-refractivity contribution is 7.80. The quantitative estimate of drug-likeness (QED) is 0.619. The highest BCUT2D eigenvalue weighted by Crippen LogP contribution is 2.20. The van der Waals surface area contributed by atoms with E-state index in [0.717, 1.165) is 36.9 Å². The van der Waals surface area contributed by atoms with E-state index in [1.807, 2.05) is 24.3 Å². The van der Waals surface area contributed by atoms with E-state index in [-0.39, 0.29) is 0 Å². The van der Waals surface area contributed by atoms with Gasteiger partial charge in [-0.25, -0.2) is 0 Å². The molecule has 4 heteroatoms. The topological polar surface area (TPSA) is 38.5 Å². The fourth-order valence-electron chi connectivity index (χ4n) is 2.82. The van der Waals surface area contributed by atoms with Crippen LogP contribution in [0.1, 0.15) is 38.2 Å². The molecule has 1 aliphatic rings. The predicted molar refractivity (Wildman–Crippen MR) is 87.3 cm³/mol. The third-order valence-corrected chi connectivity index (χ3v) is 4.20. The number of nitrogens with two attached hydrogens (primary N) is 1. The Hall–Kier alpha value is -1.13. The molecule has 1 saturated heterocycles. The smallest absolute Gasteiger partial charge is 0.119 e. The lowest BCUT2D eigenvalue weighted by Gasteiger charge is -2.23. The molecule has 1 atom stereocenters. The maximum absolute atomic E-state index is 5.76. The zero-order valence-corrected chi connectivity index (χ0v) is 13.0. The standard InChI is InChI=1S/C16H24N2OS/c1-2-14-5-3-10-18(14)11-4-12-19-15-8-6-13(7-9-15)16(17)20/h6-9,14H,2-5,10-12H2,1H3,(H2,17,20). The van der Waals surface area contributed by atoms with Crippen LogP contribution in [0.5, 0.6) is 5.75 Å². The van der Waals surface area contributed by atoms with Gasteiger partial charge < -0.3 is 15.4 Å². The van der Waals surface area contributed by atoms with Crippen molar-refractivity contribution in [2.75, 3.05) is 19.7 Å². The second-order valence-corrected chi connectivity index (χ2v) is 5.77. The lowest BCUT2D eigenvalue weighted by molar-refractivity contribution is 0.217. The lowest BCUT2D eigenvalue weighted by atomic mass is 10.2. The summed E-state index contributed by atoms with van der Waals surface area (Å²) in [6.07, 6.45) is 5.05. The SMILES string of the molecule is CCC1CCCN1CCCOc1ccc(C(N)=S)cc1. The summed E-state index contributed by atoms with van der Waals surface area (Å²) in [5, 5.41) is 0. The van der Waals surface area contributed by atoms with Crippen LogP contribution in [0.25, 0.3) is 0 Å². The molecule has 2 rings (SSSR count). The van der Waals surface area contributed by atoms with E-state index in [4.69, 9.17) is 22.7 Å². The molecule has 0 aliphatic carbocycles. The molecule has 0 amide bonds. The minimum Gasteiger partial charge on any atom is -0.494 e. The maximum Gasteiger partial charge on any atom is 0.119 e. The van der Waals surface area contributed by atoms with E-state index in [9.17, 15) is 0 Å². The van der Waals surface area contributed by atoms with Gasteiger partial charge in [-0.1, -0.05) is 19.1 Å². The summed E-state index contributed by atoms with van der Waals surface area (Å²) < 4.78 is 5.76. The van der Waals surface area contributed by atoms with E-state index in [1.54, 1.807) is 0 Å². The van der Waals surface area contributed by atoms with Crippen LogP contribution in [0, 0.1) is 0 Å². The van der Waals surface area contributed by atoms with Crippen LogP contribution in [0.3, 0.4) is 0 Å². The highest BCUT2D eigenvalue weighted by Gasteiger charge is 2.21. The van der Waals surface area contributed by atoms with Crippen molar-refractivity contribution in [3.8, 4) is 5.75 Å². The molecule has 0 aromatic heterocycles. The third kappa shape index (κ3) is 4.18. The van der Waals surface area contributed by atoms with E-state index >= 15 is 0 Å². The van der Waals surface area contributed by atoms with Crippen molar-refractivity contribution >= 4 is 17.2 Å². The normalized spacial score (nSPS) is 19.1. The third-order valence-electron chi connectivity index (χ3n) is 3.97. The fraction of sp³-hybridized carbons (Fsp3) is 0.562. The van der Waals surface area contributed by atoms with Crippen LogP contribution in [0.2, 0.25) is 0 Å². The van der Waals surface area contributed by atoms with Crippen LogP contribution in [-0.2, 0) is 0 Å². The second-order valence-electron chi connectivity index (χ2n) is 5.33. The van der Waals surface area contributed by atoms with Crippen molar-refractivity contribution in [2.24, 2.45) is 5.73 Å². The first-order valence-electron chi connectivity index (χ1n) is 7.47. The predicted octanol–water partition coefficient (Wildman–Crippen LogP) is 2.96. The van der Waals surface area contributed by atoms with Crippen LogP contribution < -0.4 is 10.5 Å². The first-order valence-corrected chi connectivity index (χ1v) is 7.88. The van der Waals surface area contributed by atoms with Gasteiger partial charge in [-0.15, -0.1) is 0 Å². The molecule has 1 aliphatic heterocycles. The Balaban J connectivity index is 1.69. The molecule has 0 spiro atoms. The van der Waals surface area contributed by atoms with Gasteiger partial charge >= 0.3 is 0 Å². The highest BCUT2D eigenvalue weighted by atomic mass is 32.1. The summed E-state index contributed by atoms with van der Waals surface area (Å²) in [5.41, 5.74) is 6.45. The Bertz CT molecular complexity index is 433. The Labute approximate surface area is 127 Å². The number of hydrogen-bond donors (Lipinski definition) is 1. The maximum atomic E-state index is 5.76. The number of ether oxygens (including phenoxy) is 1. The zero-order valence-electron chi connectivity index (χ0n) is 12.2. The molecule has 0 radical (unpaired) electrons. The molecule has 110 valence electrons. The van der Waals surface area contributed by atoms with Gasteiger partial charge in [0.25, 0.3) is 0 Å². The monoisotopic (exact) mass is 292 g/mol. The molecule has 0 saturated carbocycles. The number of benzene rings is 1. The first-order chi connectivity index (χ1) is 9.70. The second kappa shape index (κ2) is 7.60. The van der Waals surface area contributed by atoms with Crippen molar-refractivity contribution in [1.29, 1.82) is 0 Å². The van der Waals surface area contributed by atoms with Crippen molar-refractivity contribution in [1.82, 2.24) is 4.90 Å². The summed E-state index contributed by atoms with van der Waals surface area (Å²) in [5.74, 6) is 0.887. The van der Waals surface area contributed by atoms with E-state index in [0.29, 0.717) is 4.99 Å². The molecular weight excluding hydrogens is 268 g/mol. The molecule has 20 heavy (non-hydrogen) atoms. The average molecular weight is 292 g/mol. The minimum atomic E-state index is 0.427. The summed E-state index contributed by atoms with van der Waals surface area (Å²) in [6.45, 7) is 5.44. The van der Waals surface area contributed by atoms with Gasteiger partial charge in [0.15, 0.2) is 0 Å². The Morgan fingerprint density at radius 1 is 1.40 bits per heavy atom. The minimum absolute atomic E-state index is 0.427. The van der Waals surface area contributed by atoms with Gasteiger partial charge in [-0.2, -0.15) is 0 Å². The van der Waals surface area contributed by atoms with Crippen molar-refractivity contribution in [3.63, 3.8) is 0 Å². The van der Waals surface area contributed by atoms with Gasteiger partial charge in [0.05, 0.1) is 6.61 Å². The lowest BCUT2D eigenvalue weighted by Crippen LogP contribution is -2.30. The van der Waals surface area contributed by atoms with Crippen molar-refractivity contribution in [3.05, 3.63) is 29.8 Å². The van der Waals surface area contributed by atoms with Crippen molar-refractivity contribution in [2.45, 2.75) is 38.6 Å². The number of nitrogens with zero attached hydrogens (tertiary/aromatic N) is 1. The van der Waals surface area contributed by atoms with E-state index < -0.39 is 0 Å². The molecule has 1 unspecified atom stereocenters. The molecule has 1 fully saturated rings. The Morgan fingerprint density at radius 3 is 2.80 bits per heavy atom. The average Bonchev–Trinajstić information content (AvgIpc) is 2.91.